The Morgan fingerprint density at radius 3 is 1.33 bits per heavy atom. The number of nitrogens with two attached hydrogens (primary N) is 2. The first-order chi connectivity index (χ1) is 4.33. The van der Waals surface area contributed by atoms with Crippen molar-refractivity contribution in [1.29, 1.82) is 0 Å². The van der Waals surface area contributed by atoms with Crippen LogP contribution in [0.3, 0.4) is 0 Å². The molecular weight excluding hydrogens is 163 g/mol. The van der Waals surface area contributed by atoms with Crippen molar-refractivity contribution in [2.45, 2.75) is 12.8 Å². The molecule has 0 aliphatic rings. The molecule has 0 bridgehead atoms. The van der Waals surface area contributed by atoms with Crippen LogP contribution >= 0.6 is 23.7 Å². The lowest BCUT2D eigenvalue weighted by atomic mass is 10.3. The standard InChI is InChI=1S/C4H12N2.Cl2O/c5-3-1-2-4-6;1-3-2/h1-6H2;. The summed E-state index contributed by atoms with van der Waals surface area (Å²) >= 11 is 8.53. The second kappa shape index (κ2) is 15.8. The fraction of sp³-hybridized carbons (Fsp3) is 1.00. The van der Waals surface area contributed by atoms with Crippen LogP contribution in [0.2, 0.25) is 0 Å². The van der Waals surface area contributed by atoms with Crippen LogP contribution in [-0.2, 0) is 3.84 Å². The van der Waals surface area contributed by atoms with Gasteiger partial charge in [-0.2, -0.15) is 3.84 Å². The number of halogens is 2. The minimum absolute atomic E-state index is 0.775. The highest BCUT2D eigenvalue weighted by Crippen LogP contribution is 1.78. The molecule has 5 heteroatoms. The third-order valence-corrected chi connectivity index (χ3v) is 0.658. The number of hydrogen-bond acceptors (Lipinski definition) is 3. The van der Waals surface area contributed by atoms with E-state index in [0.29, 0.717) is 0 Å². The van der Waals surface area contributed by atoms with E-state index in [2.05, 4.69) is 27.6 Å². The van der Waals surface area contributed by atoms with Crippen molar-refractivity contribution in [2.75, 3.05) is 13.1 Å². The van der Waals surface area contributed by atoms with Crippen molar-refractivity contribution in [3.05, 3.63) is 0 Å². The summed E-state index contributed by atoms with van der Waals surface area (Å²) in [6, 6.07) is 0. The largest absolute Gasteiger partial charge is 0.330 e. The predicted molar refractivity (Wildman–Crippen MR) is 40.1 cm³/mol. The zero-order valence-electron chi connectivity index (χ0n) is 5.15. The van der Waals surface area contributed by atoms with Crippen LogP contribution in [-0.4, -0.2) is 13.1 Å². The molecule has 9 heavy (non-hydrogen) atoms. The molecule has 0 saturated carbocycles. The van der Waals surface area contributed by atoms with Crippen molar-refractivity contribution in [3.8, 4) is 0 Å². The molecule has 58 valence electrons. The van der Waals surface area contributed by atoms with Gasteiger partial charge in [-0.05, 0) is 25.9 Å². The highest BCUT2D eigenvalue weighted by atomic mass is 35.6. The minimum Gasteiger partial charge on any atom is -0.330 e. The van der Waals surface area contributed by atoms with Gasteiger partial charge < -0.3 is 11.5 Å². The molecule has 0 radical (unpaired) electrons. The Morgan fingerprint density at radius 1 is 1.00 bits per heavy atom. The van der Waals surface area contributed by atoms with E-state index in [1.165, 1.54) is 0 Å². The topological polar surface area (TPSA) is 61.3 Å². The van der Waals surface area contributed by atoms with Gasteiger partial charge in [0.15, 0.2) is 0 Å². The molecule has 0 fully saturated rings. The van der Waals surface area contributed by atoms with E-state index in [-0.39, 0.29) is 0 Å². The molecule has 4 N–H and O–H groups in total. The summed E-state index contributed by atoms with van der Waals surface area (Å²) in [6.45, 7) is 1.55. The van der Waals surface area contributed by atoms with Crippen molar-refractivity contribution in [3.63, 3.8) is 0 Å². The van der Waals surface area contributed by atoms with Crippen LogP contribution in [0.15, 0.2) is 0 Å². The van der Waals surface area contributed by atoms with Crippen LogP contribution in [0, 0.1) is 0 Å². The Balaban J connectivity index is 0. The number of rotatable bonds is 3. The van der Waals surface area contributed by atoms with Crippen molar-refractivity contribution in [2.24, 2.45) is 11.5 Å². The average molecular weight is 175 g/mol. The van der Waals surface area contributed by atoms with E-state index in [9.17, 15) is 0 Å². The zero-order valence-corrected chi connectivity index (χ0v) is 6.66. The Bertz CT molecular complexity index is 35.7. The first-order valence-electron chi connectivity index (χ1n) is 2.63. The quantitative estimate of drug-likeness (QED) is 0.629. The highest BCUT2D eigenvalue weighted by Gasteiger charge is 1.75. The molecule has 0 saturated heterocycles. The molecule has 3 nitrogen and oxygen atoms in total. The highest BCUT2D eigenvalue weighted by molar-refractivity contribution is 6.24. The smallest absolute Gasteiger partial charge is 0.0832 e. The van der Waals surface area contributed by atoms with E-state index in [4.69, 9.17) is 11.5 Å². The van der Waals surface area contributed by atoms with Crippen molar-refractivity contribution >= 4 is 23.7 Å². The number of unbranched alkanes of at least 4 members (excludes halogenated alkanes) is 1. The molecule has 0 aliphatic heterocycles. The van der Waals surface area contributed by atoms with E-state index >= 15 is 0 Å². The molecule has 0 aromatic carbocycles. The Kier molecular flexibility index (Phi) is 21.3. The Morgan fingerprint density at radius 2 is 1.22 bits per heavy atom. The fourth-order valence-electron chi connectivity index (χ4n) is 0.289. The fourth-order valence-corrected chi connectivity index (χ4v) is 0.289. The first-order valence-corrected chi connectivity index (χ1v) is 3.24. The van der Waals surface area contributed by atoms with E-state index in [1.807, 2.05) is 0 Å². The summed E-state index contributed by atoms with van der Waals surface area (Å²) in [4.78, 5) is 0. The summed E-state index contributed by atoms with van der Waals surface area (Å²) in [5.41, 5.74) is 10.3. The molecule has 0 rings (SSSR count). The summed E-state index contributed by atoms with van der Waals surface area (Å²) in [5.74, 6) is 0. The van der Waals surface area contributed by atoms with E-state index < -0.39 is 0 Å². The third kappa shape index (κ3) is 29.5. The normalized spacial score (nSPS) is 8.00. The van der Waals surface area contributed by atoms with Crippen LogP contribution in [0.25, 0.3) is 0 Å². The second-order valence-electron chi connectivity index (χ2n) is 1.34. The third-order valence-electron chi connectivity index (χ3n) is 0.658. The maximum absolute atomic E-state index is 5.16. The van der Waals surface area contributed by atoms with Gasteiger partial charge in [-0.1, -0.05) is 0 Å². The molecule has 0 aliphatic carbocycles. The molecule has 0 atom stereocenters. The predicted octanol–water partition coefficient (Wildman–Crippen LogP) is 0.995. The van der Waals surface area contributed by atoms with E-state index in [0.717, 1.165) is 25.9 Å². The molecule has 0 aromatic heterocycles. The SMILES string of the molecule is ClOCl.NCCCCN. The van der Waals surface area contributed by atoms with Gasteiger partial charge in [0, 0.05) is 0 Å². The van der Waals surface area contributed by atoms with Crippen LogP contribution in [0.1, 0.15) is 12.8 Å². The Labute approximate surface area is 65.6 Å². The molecule has 0 aromatic rings. The molecular formula is C4H12Cl2N2O. The van der Waals surface area contributed by atoms with Crippen molar-refractivity contribution in [1.82, 2.24) is 0 Å². The van der Waals surface area contributed by atoms with Gasteiger partial charge in [0.2, 0.25) is 0 Å². The van der Waals surface area contributed by atoms with Crippen LogP contribution in [0.4, 0.5) is 0 Å². The lowest BCUT2D eigenvalue weighted by molar-refractivity contribution is 0.697. The summed E-state index contributed by atoms with van der Waals surface area (Å²) in [5, 5.41) is 0. The van der Waals surface area contributed by atoms with Gasteiger partial charge in [-0.15, -0.1) is 0 Å². The summed E-state index contributed by atoms with van der Waals surface area (Å²) in [6.07, 6.45) is 2.13. The monoisotopic (exact) mass is 174 g/mol. The Hall–Kier alpha value is 0.460. The van der Waals surface area contributed by atoms with E-state index in [1.54, 1.807) is 0 Å². The van der Waals surface area contributed by atoms with Crippen molar-refractivity contribution < 1.29 is 3.84 Å². The van der Waals surface area contributed by atoms with Gasteiger partial charge in [-0.25, -0.2) is 0 Å². The van der Waals surface area contributed by atoms with Crippen LogP contribution in [0.5, 0.6) is 0 Å². The van der Waals surface area contributed by atoms with Gasteiger partial charge in [0.05, 0.1) is 23.7 Å². The lowest BCUT2D eigenvalue weighted by Crippen LogP contribution is -2.03. The zero-order chi connectivity index (χ0) is 7.54. The lowest BCUT2D eigenvalue weighted by Gasteiger charge is -1.87. The average Bonchev–Trinajstić information content (AvgIpc) is 1.86. The van der Waals surface area contributed by atoms with Gasteiger partial charge in [-0.3, -0.25) is 0 Å². The van der Waals surface area contributed by atoms with Crippen LogP contribution < -0.4 is 11.5 Å². The molecule has 0 spiro atoms. The minimum atomic E-state index is 0.775. The summed E-state index contributed by atoms with van der Waals surface area (Å²) in [7, 11) is 0. The van der Waals surface area contributed by atoms with Gasteiger partial charge >= 0.3 is 0 Å². The summed E-state index contributed by atoms with van der Waals surface area (Å²) < 4.78 is 3.19. The second-order valence-corrected chi connectivity index (χ2v) is 1.81. The maximum Gasteiger partial charge on any atom is 0.0832 e. The van der Waals surface area contributed by atoms with Gasteiger partial charge in [0.25, 0.3) is 0 Å². The maximum atomic E-state index is 5.16. The number of hydrogen-bond donors (Lipinski definition) is 2. The molecule has 0 unspecified atom stereocenters. The molecule has 0 amide bonds. The van der Waals surface area contributed by atoms with Gasteiger partial charge in [0.1, 0.15) is 0 Å². The first kappa shape index (κ1) is 12.2. The molecule has 0 heterocycles.